The van der Waals surface area contributed by atoms with Crippen molar-refractivity contribution in [1.82, 2.24) is 4.90 Å². The van der Waals surface area contributed by atoms with Crippen molar-refractivity contribution in [3.63, 3.8) is 0 Å². The number of allylic oxidation sites excluding steroid dienone is 1. The largest absolute Gasteiger partial charge is 0.458 e. The molecule has 5 nitrogen and oxygen atoms in total. The van der Waals surface area contributed by atoms with Gasteiger partial charge in [0.2, 0.25) is 0 Å². The molecule has 0 spiro atoms. The molecule has 0 unspecified atom stereocenters. The van der Waals surface area contributed by atoms with Crippen molar-refractivity contribution < 1.29 is 19.4 Å². The molecule has 35 heavy (non-hydrogen) atoms. The maximum atomic E-state index is 12.6. The third-order valence-corrected chi connectivity index (χ3v) is 11.8. The zero-order chi connectivity index (χ0) is 24.4. The topological polar surface area (TPSA) is 59.0 Å². The van der Waals surface area contributed by atoms with E-state index in [-0.39, 0.29) is 18.2 Å². The van der Waals surface area contributed by atoms with E-state index >= 15 is 0 Å². The molecule has 0 aromatic rings. The highest BCUT2D eigenvalue weighted by Gasteiger charge is 2.60. The molecule has 4 aliphatic carbocycles. The molecular weight excluding hydrogens is 438 g/mol. The van der Waals surface area contributed by atoms with E-state index in [1.807, 2.05) is 0 Å². The number of esters is 1. The third kappa shape index (κ3) is 3.91. The fourth-order valence-electron chi connectivity index (χ4n) is 9.80. The Bertz CT molecular complexity index is 906. The average molecular weight is 484 g/mol. The van der Waals surface area contributed by atoms with Gasteiger partial charge < -0.3 is 19.5 Å². The molecule has 6 rings (SSSR count). The Morgan fingerprint density at radius 2 is 1.86 bits per heavy atom. The van der Waals surface area contributed by atoms with Gasteiger partial charge in [-0.25, -0.2) is 4.79 Å². The quantitative estimate of drug-likeness (QED) is 0.447. The lowest BCUT2D eigenvalue weighted by Crippen LogP contribution is -2.51. The summed E-state index contributed by atoms with van der Waals surface area (Å²) in [5.41, 5.74) is 3.34. The number of morpholine rings is 1. The fraction of sp³-hybridized carbons (Fsp3) is 0.833. The summed E-state index contributed by atoms with van der Waals surface area (Å²) in [5, 5.41) is 10.3. The van der Waals surface area contributed by atoms with Crippen molar-refractivity contribution in [2.75, 3.05) is 26.3 Å². The standard InChI is InChI=1S/C30H45NO4/c1-19(27-17-21(18-28(33)35-27)31-12-14-34-15-13-31)24-6-7-25-23-5-4-20-16-22(32)8-10-29(20,2)26(23)9-11-30(24,25)3/h4,18-19,22-27,32H,5-17H2,1-3H3/t19-,22-,23-,24+,25-,26-,27+,29-,30+/m0/s1. The number of cyclic esters (lactones) is 1. The van der Waals surface area contributed by atoms with Crippen molar-refractivity contribution in [1.29, 1.82) is 0 Å². The Balaban J connectivity index is 1.19. The van der Waals surface area contributed by atoms with E-state index in [1.165, 1.54) is 32.1 Å². The van der Waals surface area contributed by atoms with Gasteiger partial charge in [-0.05, 0) is 91.8 Å². The second-order valence-corrected chi connectivity index (χ2v) is 13.2. The van der Waals surface area contributed by atoms with E-state index in [0.29, 0.717) is 22.7 Å². The summed E-state index contributed by atoms with van der Waals surface area (Å²) in [6.07, 6.45) is 14.4. The zero-order valence-corrected chi connectivity index (χ0v) is 22.0. The molecule has 4 fully saturated rings. The molecular formula is C30H45NO4. The van der Waals surface area contributed by atoms with Crippen LogP contribution in [0, 0.1) is 40.4 Å². The summed E-state index contributed by atoms with van der Waals surface area (Å²) >= 11 is 0. The van der Waals surface area contributed by atoms with Crippen molar-refractivity contribution in [3.05, 3.63) is 23.4 Å². The number of hydrogen-bond acceptors (Lipinski definition) is 5. The van der Waals surface area contributed by atoms with Crippen LogP contribution in [-0.4, -0.2) is 54.5 Å². The van der Waals surface area contributed by atoms with E-state index < -0.39 is 0 Å². The number of carbonyl (C=O) groups excluding carboxylic acids is 1. The van der Waals surface area contributed by atoms with Crippen molar-refractivity contribution in [2.24, 2.45) is 40.4 Å². The minimum Gasteiger partial charge on any atom is -0.458 e. The predicted octanol–water partition coefficient (Wildman–Crippen LogP) is 5.09. The van der Waals surface area contributed by atoms with Crippen LogP contribution in [0.1, 0.15) is 78.6 Å². The molecule has 0 aromatic carbocycles. The molecule has 0 amide bonds. The first-order chi connectivity index (χ1) is 16.8. The monoisotopic (exact) mass is 483 g/mol. The van der Waals surface area contributed by atoms with Gasteiger partial charge in [0.05, 0.1) is 19.3 Å². The minimum absolute atomic E-state index is 0.0150. The predicted molar refractivity (Wildman–Crippen MR) is 135 cm³/mol. The van der Waals surface area contributed by atoms with Crippen molar-refractivity contribution >= 4 is 5.97 Å². The molecule has 0 bridgehead atoms. The summed E-state index contributed by atoms with van der Waals surface area (Å²) in [4.78, 5) is 14.9. The van der Waals surface area contributed by atoms with Crippen LogP contribution in [0.2, 0.25) is 0 Å². The maximum absolute atomic E-state index is 12.6. The zero-order valence-electron chi connectivity index (χ0n) is 22.0. The van der Waals surface area contributed by atoms with Crippen LogP contribution in [0.15, 0.2) is 23.4 Å². The van der Waals surface area contributed by atoms with Gasteiger partial charge in [0.15, 0.2) is 0 Å². The number of hydrogen-bond donors (Lipinski definition) is 1. The van der Waals surface area contributed by atoms with E-state index in [0.717, 1.165) is 75.4 Å². The molecule has 2 aliphatic heterocycles. The van der Waals surface area contributed by atoms with E-state index in [2.05, 4.69) is 31.7 Å². The van der Waals surface area contributed by atoms with E-state index in [1.54, 1.807) is 11.6 Å². The highest BCUT2D eigenvalue weighted by molar-refractivity contribution is 5.83. The van der Waals surface area contributed by atoms with Gasteiger partial charge in [-0.3, -0.25) is 0 Å². The number of carbonyl (C=O) groups is 1. The molecule has 194 valence electrons. The molecule has 3 saturated carbocycles. The van der Waals surface area contributed by atoms with Crippen LogP contribution in [0.5, 0.6) is 0 Å². The number of aliphatic hydroxyl groups excluding tert-OH is 1. The summed E-state index contributed by atoms with van der Waals surface area (Å²) < 4.78 is 11.5. The SMILES string of the molecule is C[C@@H]([C@H]1CC[C@H]2[C@@H]3CC=C4C[C@@H](O)CC[C@]4(C)[C@H]3CC[C@]12C)[C@H]1CC(N2CCOCC2)=CC(=O)O1. The van der Waals surface area contributed by atoms with Crippen LogP contribution in [0.4, 0.5) is 0 Å². The van der Waals surface area contributed by atoms with E-state index in [4.69, 9.17) is 9.47 Å². The molecule has 1 N–H and O–H groups in total. The van der Waals surface area contributed by atoms with Gasteiger partial charge in [0, 0.05) is 31.3 Å². The van der Waals surface area contributed by atoms with Gasteiger partial charge in [0.25, 0.3) is 0 Å². The van der Waals surface area contributed by atoms with Gasteiger partial charge in [-0.2, -0.15) is 0 Å². The van der Waals surface area contributed by atoms with Crippen LogP contribution >= 0.6 is 0 Å². The third-order valence-electron chi connectivity index (χ3n) is 11.8. The molecule has 9 atom stereocenters. The highest BCUT2D eigenvalue weighted by Crippen LogP contribution is 2.67. The first-order valence-electron chi connectivity index (χ1n) is 14.4. The Morgan fingerprint density at radius 3 is 2.66 bits per heavy atom. The summed E-state index contributed by atoms with van der Waals surface area (Å²) in [6.45, 7) is 10.7. The van der Waals surface area contributed by atoms with E-state index in [9.17, 15) is 9.90 Å². The van der Waals surface area contributed by atoms with Crippen LogP contribution in [-0.2, 0) is 14.3 Å². The average Bonchev–Trinajstić information content (AvgIpc) is 3.21. The second kappa shape index (κ2) is 8.90. The lowest BCUT2D eigenvalue weighted by atomic mass is 9.47. The van der Waals surface area contributed by atoms with Crippen molar-refractivity contribution in [2.45, 2.75) is 90.8 Å². The number of nitrogens with zero attached hydrogens (tertiary/aromatic N) is 1. The molecule has 0 aromatic heterocycles. The molecule has 2 heterocycles. The lowest BCUT2D eigenvalue weighted by Gasteiger charge is -2.58. The maximum Gasteiger partial charge on any atom is 0.332 e. The molecule has 5 heteroatoms. The number of fused-ring (bicyclic) bond motifs is 5. The second-order valence-electron chi connectivity index (χ2n) is 13.2. The fourth-order valence-corrected chi connectivity index (χ4v) is 9.80. The highest BCUT2D eigenvalue weighted by atomic mass is 16.5. The normalized spacial score (nSPS) is 46.5. The lowest BCUT2D eigenvalue weighted by molar-refractivity contribution is -0.151. The summed E-state index contributed by atoms with van der Waals surface area (Å²) in [6, 6.07) is 0. The molecule has 6 aliphatic rings. The Labute approximate surface area is 211 Å². The smallest absolute Gasteiger partial charge is 0.332 e. The Morgan fingerprint density at radius 1 is 1.06 bits per heavy atom. The van der Waals surface area contributed by atoms with Gasteiger partial charge >= 0.3 is 5.97 Å². The Kier molecular flexibility index (Phi) is 6.11. The van der Waals surface area contributed by atoms with Crippen LogP contribution in [0.3, 0.4) is 0 Å². The van der Waals surface area contributed by atoms with Gasteiger partial charge in [-0.1, -0.05) is 32.4 Å². The van der Waals surface area contributed by atoms with Crippen LogP contribution in [0.25, 0.3) is 0 Å². The van der Waals surface area contributed by atoms with Gasteiger partial charge in [0.1, 0.15) is 6.10 Å². The van der Waals surface area contributed by atoms with Crippen molar-refractivity contribution in [3.8, 4) is 0 Å². The summed E-state index contributed by atoms with van der Waals surface area (Å²) in [5.74, 6) is 3.14. The number of aliphatic hydroxyl groups is 1. The Hall–Kier alpha value is -1.33. The number of ether oxygens (including phenoxy) is 2. The molecule has 0 radical (unpaired) electrons. The first-order valence-corrected chi connectivity index (χ1v) is 14.4. The van der Waals surface area contributed by atoms with Gasteiger partial charge in [-0.15, -0.1) is 0 Å². The first kappa shape index (κ1) is 24.0. The summed E-state index contributed by atoms with van der Waals surface area (Å²) in [7, 11) is 0. The molecule has 1 saturated heterocycles. The van der Waals surface area contributed by atoms with Crippen LogP contribution < -0.4 is 0 Å². The number of rotatable bonds is 3. The minimum atomic E-state index is -0.157.